The highest BCUT2D eigenvalue weighted by molar-refractivity contribution is 5.35. The highest BCUT2D eigenvalue weighted by Crippen LogP contribution is 2.30. The quantitative estimate of drug-likeness (QED) is 0.813. The maximum atomic E-state index is 6.08. The molecule has 1 aliphatic rings. The van der Waals surface area contributed by atoms with E-state index in [9.17, 15) is 0 Å². The van der Waals surface area contributed by atoms with E-state index in [1.165, 1.54) is 25.7 Å². The Morgan fingerprint density at radius 1 is 1.35 bits per heavy atom. The normalized spacial score (nSPS) is 17.5. The van der Waals surface area contributed by atoms with Gasteiger partial charge in [-0.3, -0.25) is 0 Å². The second-order valence-corrected chi connectivity index (χ2v) is 4.99. The molecule has 2 heteroatoms. The monoisotopic (exact) mass is 233 g/mol. The van der Waals surface area contributed by atoms with E-state index in [2.05, 4.69) is 13.0 Å². The third-order valence-corrected chi connectivity index (χ3v) is 3.77. The molecule has 0 spiro atoms. The molecule has 1 aliphatic carbocycles. The van der Waals surface area contributed by atoms with Gasteiger partial charge in [-0.15, -0.1) is 0 Å². The van der Waals surface area contributed by atoms with Crippen LogP contribution in [-0.4, -0.2) is 6.61 Å². The van der Waals surface area contributed by atoms with E-state index in [1.807, 2.05) is 18.2 Å². The fourth-order valence-corrected chi connectivity index (χ4v) is 2.26. The molecule has 17 heavy (non-hydrogen) atoms. The largest absolute Gasteiger partial charge is 0.493 e. The SMILES string of the molecule is CC[C@@H](N)c1ccccc1OCCC1CCC1. The number of rotatable bonds is 6. The third kappa shape index (κ3) is 3.22. The molecule has 94 valence electrons. The number of hydrogen-bond acceptors (Lipinski definition) is 2. The summed E-state index contributed by atoms with van der Waals surface area (Å²) in [6, 6.07) is 8.25. The Hall–Kier alpha value is -1.02. The molecule has 2 nitrogen and oxygen atoms in total. The van der Waals surface area contributed by atoms with Crippen molar-refractivity contribution in [3.05, 3.63) is 29.8 Å². The fourth-order valence-electron chi connectivity index (χ4n) is 2.26. The zero-order chi connectivity index (χ0) is 12.1. The van der Waals surface area contributed by atoms with E-state index in [-0.39, 0.29) is 6.04 Å². The van der Waals surface area contributed by atoms with Crippen LogP contribution in [0.2, 0.25) is 0 Å². The standard InChI is InChI=1S/C15H23NO/c1-2-14(16)13-8-3-4-9-15(13)17-11-10-12-6-5-7-12/h3-4,8-9,12,14H,2,5-7,10-11,16H2,1H3/t14-/m1/s1. The molecule has 1 atom stereocenters. The Kier molecular flexibility index (Phi) is 4.43. The van der Waals surface area contributed by atoms with Crippen molar-refractivity contribution >= 4 is 0 Å². The Bertz CT molecular complexity index is 347. The smallest absolute Gasteiger partial charge is 0.124 e. The number of benzene rings is 1. The third-order valence-electron chi connectivity index (χ3n) is 3.77. The molecule has 0 saturated heterocycles. The van der Waals surface area contributed by atoms with Gasteiger partial charge in [-0.05, 0) is 24.8 Å². The van der Waals surface area contributed by atoms with E-state index < -0.39 is 0 Å². The Morgan fingerprint density at radius 2 is 2.12 bits per heavy atom. The van der Waals surface area contributed by atoms with Crippen LogP contribution in [0.1, 0.15) is 50.6 Å². The minimum absolute atomic E-state index is 0.0925. The molecule has 0 unspecified atom stereocenters. The van der Waals surface area contributed by atoms with Gasteiger partial charge >= 0.3 is 0 Å². The lowest BCUT2D eigenvalue weighted by atomic mass is 9.83. The summed E-state index contributed by atoms with van der Waals surface area (Å²) < 4.78 is 5.89. The van der Waals surface area contributed by atoms with Gasteiger partial charge in [0, 0.05) is 11.6 Å². The van der Waals surface area contributed by atoms with Crippen molar-refractivity contribution in [3.63, 3.8) is 0 Å². The highest BCUT2D eigenvalue weighted by Gasteiger charge is 2.17. The molecular weight excluding hydrogens is 210 g/mol. The predicted molar refractivity (Wildman–Crippen MR) is 71.1 cm³/mol. The first-order chi connectivity index (χ1) is 8.31. The van der Waals surface area contributed by atoms with Crippen LogP contribution in [0.15, 0.2) is 24.3 Å². The van der Waals surface area contributed by atoms with Gasteiger partial charge in [-0.1, -0.05) is 44.4 Å². The van der Waals surface area contributed by atoms with Crippen LogP contribution in [0.25, 0.3) is 0 Å². The lowest BCUT2D eigenvalue weighted by Crippen LogP contribution is -2.16. The van der Waals surface area contributed by atoms with Gasteiger partial charge < -0.3 is 10.5 Å². The first-order valence-electron chi connectivity index (χ1n) is 6.78. The van der Waals surface area contributed by atoms with Crippen LogP contribution in [0.5, 0.6) is 5.75 Å². The molecule has 2 N–H and O–H groups in total. The van der Waals surface area contributed by atoms with E-state index in [4.69, 9.17) is 10.5 Å². The maximum absolute atomic E-state index is 6.08. The number of para-hydroxylation sites is 1. The molecule has 2 rings (SSSR count). The Labute approximate surface area is 104 Å². The minimum atomic E-state index is 0.0925. The van der Waals surface area contributed by atoms with Gasteiger partial charge in [-0.25, -0.2) is 0 Å². The summed E-state index contributed by atoms with van der Waals surface area (Å²) in [6.45, 7) is 2.94. The second-order valence-electron chi connectivity index (χ2n) is 4.99. The van der Waals surface area contributed by atoms with Crippen LogP contribution in [0, 0.1) is 5.92 Å². The molecule has 0 radical (unpaired) electrons. The van der Waals surface area contributed by atoms with Gasteiger partial charge in [-0.2, -0.15) is 0 Å². The van der Waals surface area contributed by atoms with Crippen molar-refractivity contribution in [1.82, 2.24) is 0 Å². The summed E-state index contributed by atoms with van der Waals surface area (Å²) in [5.41, 5.74) is 7.23. The summed E-state index contributed by atoms with van der Waals surface area (Å²) in [5, 5.41) is 0. The summed E-state index contributed by atoms with van der Waals surface area (Å²) >= 11 is 0. The zero-order valence-electron chi connectivity index (χ0n) is 10.7. The van der Waals surface area contributed by atoms with Gasteiger partial charge in [0.1, 0.15) is 5.75 Å². The van der Waals surface area contributed by atoms with E-state index >= 15 is 0 Å². The van der Waals surface area contributed by atoms with Crippen LogP contribution in [0.3, 0.4) is 0 Å². The summed E-state index contributed by atoms with van der Waals surface area (Å²) in [7, 11) is 0. The van der Waals surface area contributed by atoms with E-state index in [0.29, 0.717) is 0 Å². The van der Waals surface area contributed by atoms with Crippen LogP contribution >= 0.6 is 0 Å². The van der Waals surface area contributed by atoms with Crippen LogP contribution < -0.4 is 10.5 Å². The van der Waals surface area contributed by atoms with Gasteiger partial charge in [0.2, 0.25) is 0 Å². The average molecular weight is 233 g/mol. The average Bonchev–Trinajstić information content (AvgIpc) is 2.32. The van der Waals surface area contributed by atoms with Crippen molar-refractivity contribution in [3.8, 4) is 5.75 Å². The molecule has 0 heterocycles. The Morgan fingerprint density at radius 3 is 2.76 bits per heavy atom. The molecular formula is C15H23NO. The molecule has 1 aromatic carbocycles. The first-order valence-corrected chi connectivity index (χ1v) is 6.78. The van der Waals surface area contributed by atoms with Crippen molar-refractivity contribution in [1.29, 1.82) is 0 Å². The number of hydrogen-bond donors (Lipinski definition) is 1. The number of ether oxygens (including phenoxy) is 1. The fraction of sp³-hybridized carbons (Fsp3) is 0.600. The zero-order valence-corrected chi connectivity index (χ0v) is 10.7. The van der Waals surface area contributed by atoms with Crippen LogP contribution in [-0.2, 0) is 0 Å². The van der Waals surface area contributed by atoms with E-state index in [0.717, 1.165) is 30.3 Å². The molecule has 0 amide bonds. The lowest BCUT2D eigenvalue weighted by molar-refractivity contribution is 0.220. The van der Waals surface area contributed by atoms with E-state index in [1.54, 1.807) is 0 Å². The number of nitrogens with two attached hydrogens (primary N) is 1. The molecule has 0 aliphatic heterocycles. The summed E-state index contributed by atoms with van der Waals surface area (Å²) in [4.78, 5) is 0. The first kappa shape index (κ1) is 12.4. The minimum Gasteiger partial charge on any atom is -0.493 e. The van der Waals surface area contributed by atoms with Gasteiger partial charge in [0.05, 0.1) is 6.61 Å². The summed E-state index contributed by atoms with van der Waals surface area (Å²) in [5.74, 6) is 1.88. The van der Waals surface area contributed by atoms with Gasteiger partial charge in [0.25, 0.3) is 0 Å². The molecule has 0 aromatic heterocycles. The maximum Gasteiger partial charge on any atom is 0.124 e. The Balaban J connectivity index is 1.89. The van der Waals surface area contributed by atoms with Crippen molar-refractivity contribution in [2.75, 3.05) is 6.61 Å². The highest BCUT2D eigenvalue weighted by atomic mass is 16.5. The lowest BCUT2D eigenvalue weighted by Gasteiger charge is -2.25. The van der Waals surface area contributed by atoms with Crippen molar-refractivity contribution in [2.45, 2.75) is 45.1 Å². The van der Waals surface area contributed by atoms with Crippen molar-refractivity contribution in [2.24, 2.45) is 11.7 Å². The van der Waals surface area contributed by atoms with Crippen LogP contribution in [0.4, 0.5) is 0 Å². The molecule has 0 bridgehead atoms. The second kappa shape index (κ2) is 6.06. The molecule has 1 saturated carbocycles. The molecule has 1 aromatic rings. The predicted octanol–water partition coefficient (Wildman–Crippen LogP) is 3.67. The summed E-state index contributed by atoms with van der Waals surface area (Å²) in [6.07, 6.45) is 6.32. The van der Waals surface area contributed by atoms with Crippen molar-refractivity contribution < 1.29 is 4.74 Å². The topological polar surface area (TPSA) is 35.2 Å². The molecule has 1 fully saturated rings. The van der Waals surface area contributed by atoms with Gasteiger partial charge in [0.15, 0.2) is 0 Å².